The van der Waals surface area contributed by atoms with Crippen molar-refractivity contribution in [1.82, 2.24) is 10.2 Å². The van der Waals surface area contributed by atoms with E-state index in [0.29, 0.717) is 31.0 Å². The van der Waals surface area contributed by atoms with E-state index in [-0.39, 0.29) is 36.8 Å². The normalized spacial score (nSPS) is 14.9. The zero-order valence-corrected chi connectivity index (χ0v) is 17.4. The number of morpholine rings is 1. The molecule has 28 heavy (non-hydrogen) atoms. The highest BCUT2D eigenvalue weighted by Gasteiger charge is 2.23. The first kappa shape index (κ1) is 24.0. The van der Waals surface area contributed by atoms with Crippen LogP contribution in [0.4, 0.5) is 5.69 Å². The van der Waals surface area contributed by atoms with Crippen molar-refractivity contribution in [3.63, 3.8) is 0 Å². The van der Waals surface area contributed by atoms with Gasteiger partial charge in [-0.15, -0.1) is 24.8 Å². The van der Waals surface area contributed by atoms with E-state index in [1.807, 2.05) is 36.4 Å². The van der Waals surface area contributed by atoms with Crippen LogP contribution in [0.15, 0.2) is 48.5 Å². The smallest absolute Gasteiger partial charge is 0.253 e. The Morgan fingerprint density at radius 3 is 2.39 bits per heavy atom. The summed E-state index contributed by atoms with van der Waals surface area (Å²) in [4.78, 5) is 14.9. The number of nitrogens with zero attached hydrogens (tertiary/aromatic N) is 1. The van der Waals surface area contributed by atoms with Crippen molar-refractivity contribution in [2.24, 2.45) is 0 Å². The highest BCUT2D eigenvalue weighted by Crippen LogP contribution is 2.24. The number of ether oxygens (including phenoxy) is 2. The van der Waals surface area contributed by atoms with Crippen LogP contribution in [-0.2, 0) is 4.74 Å². The summed E-state index contributed by atoms with van der Waals surface area (Å²) in [5.74, 6) is 0.658. The van der Waals surface area contributed by atoms with E-state index in [1.54, 1.807) is 19.2 Å². The molecule has 1 aliphatic rings. The molecule has 3 rings (SSSR count). The lowest BCUT2D eigenvalue weighted by Crippen LogP contribution is -2.43. The lowest BCUT2D eigenvalue weighted by Gasteiger charge is -2.35. The maximum atomic E-state index is 12.5. The van der Waals surface area contributed by atoms with E-state index >= 15 is 0 Å². The standard InChI is InChI=1S/C20H25N3O3.2ClH/c1-25-16-8-6-15(7-9-16)19(23-10-12-26-13-11-23)14-22-20(24)17-4-2-3-5-18(17)21;;/h2-9,19H,10-14,21H2,1H3,(H,22,24);2*1H. The average Bonchev–Trinajstić information content (AvgIpc) is 2.69. The molecule has 6 nitrogen and oxygen atoms in total. The molecular formula is C20H27Cl2N3O3. The van der Waals surface area contributed by atoms with Crippen molar-refractivity contribution >= 4 is 36.4 Å². The number of rotatable bonds is 6. The molecule has 1 aliphatic heterocycles. The number of carbonyl (C=O) groups is 1. The van der Waals surface area contributed by atoms with Gasteiger partial charge in [-0.05, 0) is 29.8 Å². The predicted octanol–water partition coefficient (Wildman–Crippen LogP) is 2.92. The van der Waals surface area contributed by atoms with Crippen LogP contribution in [-0.4, -0.2) is 50.8 Å². The highest BCUT2D eigenvalue weighted by molar-refractivity contribution is 5.99. The van der Waals surface area contributed by atoms with Crippen molar-refractivity contribution in [2.75, 3.05) is 45.7 Å². The van der Waals surface area contributed by atoms with Crippen LogP contribution in [0.2, 0.25) is 0 Å². The molecule has 1 heterocycles. The van der Waals surface area contributed by atoms with Gasteiger partial charge in [-0.25, -0.2) is 0 Å². The van der Waals surface area contributed by atoms with Crippen molar-refractivity contribution in [3.05, 3.63) is 59.7 Å². The largest absolute Gasteiger partial charge is 0.497 e. The molecule has 2 aromatic carbocycles. The lowest BCUT2D eigenvalue weighted by atomic mass is 10.0. The molecule has 1 unspecified atom stereocenters. The number of benzene rings is 2. The molecule has 0 bridgehead atoms. The molecule has 1 fully saturated rings. The minimum Gasteiger partial charge on any atom is -0.497 e. The summed E-state index contributed by atoms with van der Waals surface area (Å²) >= 11 is 0. The Kier molecular flexibility index (Phi) is 10.1. The monoisotopic (exact) mass is 427 g/mol. The fourth-order valence-corrected chi connectivity index (χ4v) is 3.16. The first-order valence-electron chi connectivity index (χ1n) is 8.77. The number of carbonyl (C=O) groups excluding carboxylic acids is 1. The second-order valence-electron chi connectivity index (χ2n) is 6.23. The zero-order chi connectivity index (χ0) is 18.4. The molecule has 0 spiro atoms. The van der Waals surface area contributed by atoms with E-state index in [4.69, 9.17) is 15.2 Å². The number of nitrogen functional groups attached to an aromatic ring is 1. The van der Waals surface area contributed by atoms with Crippen molar-refractivity contribution < 1.29 is 14.3 Å². The number of hydrogen-bond acceptors (Lipinski definition) is 5. The van der Waals surface area contributed by atoms with Gasteiger partial charge in [0.1, 0.15) is 5.75 Å². The van der Waals surface area contributed by atoms with Gasteiger partial charge < -0.3 is 20.5 Å². The van der Waals surface area contributed by atoms with E-state index < -0.39 is 0 Å². The third kappa shape index (κ3) is 6.01. The van der Waals surface area contributed by atoms with Crippen LogP contribution in [0.3, 0.4) is 0 Å². The van der Waals surface area contributed by atoms with Gasteiger partial charge in [0.25, 0.3) is 5.91 Å². The number of nitrogens with two attached hydrogens (primary N) is 1. The SMILES string of the molecule is COc1ccc(C(CNC(=O)c2ccccc2N)N2CCOCC2)cc1.Cl.Cl. The number of amides is 1. The summed E-state index contributed by atoms with van der Waals surface area (Å²) in [5.41, 5.74) is 8.03. The van der Waals surface area contributed by atoms with Gasteiger partial charge >= 0.3 is 0 Å². The number of nitrogens with one attached hydrogen (secondary N) is 1. The minimum absolute atomic E-state index is 0. The van der Waals surface area contributed by atoms with Gasteiger partial charge in [0, 0.05) is 25.3 Å². The van der Waals surface area contributed by atoms with Gasteiger partial charge in [-0.3, -0.25) is 9.69 Å². The van der Waals surface area contributed by atoms with Crippen LogP contribution in [0.5, 0.6) is 5.75 Å². The number of methoxy groups -OCH3 is 1. The van der Waals surface area contributed by atoms with Crippen LogP contribution < -0.4 is 15.8 Å². The van der Waals surface area contributed by atoms with Crippen LogP contribution in [0.25, 0.3) is 0 Å². The third-order valence-electron chi connectivity index (χ3n) is 4.65. The Hall–Kier alpha value is -1.99. The number of hydrogen-bond donors (Lipinski definition) is 2. The van der Waals surface area contributed by atoms with Crippen LogP contribution >= 0.6 is 24.8 Å². The van der Waals surface area contributed by atoms with E-state index in [1.165, 1.54) is 0 Å². The van der Waals surface area contributed by atoms with Gasteiger partial charge in [0.15, 0.2) is 0 Å². The second-order valence-corrected chi connectivity index (χ2v) is 6.23. The summed E-state index contributed by atoms with van der Waals surface area (Å²) in [5, 5.41) is 3.03. The molecule has 2 aromatic rings. The molecule has 0 aliphatic carbocycles. The molecule has 3 N–H and O–H groups in total. The first-order chi connectivity index (χ1) is 12.7. The van der Waals surface area contributed by atoms with Crippen molar-refractivity contribution in [1.29, 1.82) is 0 Å². The molecule has 1 atom stereocenters. The van der Waals surface area contributed by atoms with Gasteiger partial charge in [0.05, 0.1) is 31.9 Å². The Bertz CT molecular complexity index is 738. The molecule has 0 saturated carbocycles. The Labute approximate surface area is 178 Å². The summed E-state index contributed by atoms with van der Waals surface area (Å²) in [7, 11) is 1.65. The van der Waals surface area contributed by atoms with E-state index in [9.17, 15) is 4.79 Å². The Morgan fingerprint density at radius 2 is 1.79 bits per heavy atom. The minimum atomic E-state index is -0.158. The maximum absolute atomic E-state index is 12.5. The predicted molar refractivity (Wildman–Crippen MR) is 116 cm³/mol. The molecular weight excluding hydrogens is 401 g/mol. The van der Waals surface area contributed by atoms with Crippen LogP contribution in [0.1, 0.15) is 22.0 Å². The van der Waals surface area contributed by atoms with Crippen LogP contribution in [0, 0.1) is 0 Å². The summed E-state index contributed by atoms with van der Waals surface area (Å²) in [6, 6.07) is 15.1. The fraction of sp³-hybridized carbons (Fsp3) is 0.350. The summed E-state index contributed by atoms with van der Waals surface area (Å²) in [6.07, 6.45) is 0. The zero-order valence-electron chi connectivity index (χ0n) is 15.8. The highest BCUT2D eigenvalue weighted by atomic mass is 35.5. The molecule has 1 amide bonds. The Balaban J connectivity index is 0.00000196. The average molecular weight is 428 g/mol. The molecule has 0 radical (unpaired) electrons. The molecule has 0 aromatic heterocycles. The second kappa shape index (κ2) is 11.8. The van der Waals surface area contributed by atoms with Gasteiger partial charge in [-0.2, -0.15) is 0 Å². The van der Waals surface area contributed by atoms with E-state index in [2.05, 4.69) is 10.2 Å². The maximum Gasteiger partial charge on any atom is 0.253 e. The molecule has 1 saturated heterocycles. The summed E-state index contributed by atoms with van der Waals surface area (Å²) < 4.78 is 10.7. The fourth-order valence-electron chi connectivity index (χ4n) is 3.16. The molecule has 154 valence electrons. The number of halogens is 2. The summed E-state index contributed by atoms with van der Waals surface area (Å²) in [6.45, 7) is 3.57. The first-order valence-corrected chi connectivity index (χ1v) is 8.77. The topological polar surface area (TPSA) is 76.8 Å². The molecule has 8 heteroatoms. The number of para-hydroxylation sites is 1. The van der Waals surface area contributed by atoms with Gasteiger partial charge in [-0.1, -0.05) is 24.3 Å². The Morgan fingerprint density at radius 1 is 1.14 bits per heavy atom. The van der Waals surface area contributed by atoms with E-state index in [0.717, 1.165) is 24.4 Å². The lowest BCUT2D eigenvalue weighted by molar-refractivity contribution is 0.0162. The van der Waals surface area contributed by atoms with Crippen molar-refractivity contribution in [3.8, 4) is 5.75 Å². The van der Waals surface area contributed by atoms with Crippen molar-refractivity contribution in [2.45, 2.75) is 6.04 Å². The third-order valence-corrected chi connectivity index (χ3v) is 4.65. The van der Waals surface area contributed by atoms with Gasteiger partial charge in [0.2, 0.25) is 0 Å². The quantitative estimate of drug-likeness (QED) is 0.692. The number of anilines is 1.